The van der Waals surface area contributed by atoms with Crippen LogP contribution in [-0.4, -0.2) is 9.55 Å². The first-order valence-electron chi connectivity index (χ1n) is 4.33. The predicted molar refractivity (Wildman–Crippen MR) is 64.4 cm³/mol. The Morgan fingerprint density at radius 1 is 1.47 bits per heavy atom. The Labute approximate surface area is 99.8 Å². The minimum Gasteiger partial charge on any atom is -0.286 e. The topological polar surface area (TPSA) is 34.9 Å². The van der Waals surface area contributed by atoms with Gasteiger partial charge in [-0.25, -0.2) is 4.98 Å². The molecule has 0 aliphatic rings. The highest BCUT2D eigenvalue weighted by Gasteiger charge is 2.09. The fraction of sp³-hybridized carbons (Fsp3) is 0.200. The molecule has 0 atom stereocenters. The van der Waals surface area contributed by atoms with Crippen molar-refractivity contribution in [3.05, 3.63) is 37.8 Å². The number of aryl methyl sites for hydroxylation is 1. The van der Waals surface area contributed by atoms with Crippen LogP contribution < -0.4 is 5.56 Å². The maximum atomic E-state index is 11.8. The number of halogens is 2. The lowest BCUT2D eigenvalue weighted by Crippen LogP contribution is -2.19. The van der Waals surface area contributed by atoms with Crippen LogP contribution in [0.4, 0.5) is 0 Å². The zero-order valence-corrected chi connectivity index (χ0v) is 10.6. The average Bonchev–Trinajstić information content (AvgIpc) is 2.21. The first-order chi connectivity index (χ1) is 7.02. The molecule has 0 spiro atoms. The van der Waals surface area contributed by atoms with E-state index in [4.69, 9.17) is 11.6 Å². The van der Waals surface area contributed by atoms with Crippen LogP contribution in [0.15, 0.2) is 21.4 Å². The number of aromatic nitrogens is 2. The van der Waals surface area contributed by atoms with Gasteiger partial charge in [-0.15, -0.1) is 0 Å². The number of rotatable bonds is 0. The van der Waals surface area contributed by atoms with Crippen LogP contribution in [0.5, 0.6) is 0 Å². The van der Waals surface area contributed by atoms with E-state index in [0.717, 1.165) is 10.0 Å². The molecule has 0 N–H and O–H groups in total. The highest BCUT2D eigenvalue weighted by Crippen LogP contribution is 2.23. The average molecular weight is 288 g/mol. The highest BCUT2D eigenvalue weighted by molar-refractivity contribution is 9.10. The normalized spacial score (nSPS) is 10.9. The lowest BCUT2D eigenvalue weighted by Gasteiger charge is -2.06. The van der Waals surface area contributed by atoms with Gasteiger partial charge in [0.1, 0.15) is 0 Å². The molecule has 0 aliphatic carbocycles. The second-order valence-electron chi connectivity index (χ2n) is 3.31. The number of hydrogen-bond acceptors (Lipinski definition) is 2. The zero-order valence-electron chi connectivity index (χ0n) is 8.21. The monoisotopic (exact) mass is 286 g/mol. The maximum absolute atomic E-state index is 11.8. The van der Waals surface area contributed by atoms with Gasteiger partial charge in [0.2, 0.25) is 5.28 Å². The molecule has 0 amide bonds. The first kappa shape index (κ1) is 10.6. The molecule has 1 heterocycles. The Bertz CT molecular complexity index is 606. The third kappa shape index (κ3) is 1.58. The second-order valence-corrected chi connectivity index (χ2v) is 4.51. The van der Waals surface area contributed by atoms with E-state index in [9.17, 15) is 4.79 Å². The summed E-state index contributed by atoms with van der Waals surface area (Å²) in [5, 5.41) is 0.788. The van der Waals surface area contributed by atoms with Gasteiger partial charge in [-0.05, 0) is 36.2 Å². The molecule has 0 radical (unpaired) electrons. The van der Waals surface area contributed by atoms with Crippen molar-refractivity contribution in [2.45, 2.75) is 6.92 Å². The molecule has 2 aromatic rings. The summed E-state index contributed by atoms with van der Waals surface area (Å²) in [5.41, 5.74) is 1.45. The molecule has 78 valence electrons. The van der Waals surface area contributed by atoms with Crippen LogP contribution in [0, 0.1) is 6.92 Å². The van der Waals surface area contributed by atoms with Crippen molar-refractivity contribution in [2.24, 2.45) is 7.05 Å². The van der Waals surface area contributed by atoms with Crippen LogP contribution >= 0.6 is 27.5 Å². The van der Waals surface area contributed by atoms with Gasteiger partial charge in [0, 0.05) is 11.5 Å². The van der Waals surface area contributed by atoms with Crippen LogP contribution in [0.1, 0.15) is 5.56 Å². The van der Waals surface area contributed by atoms with Crippen LogP contribution in [-0.2, 0) is 7.05 Å². The summed E-state index contributed by atoms with van der Waals surface area (Å²) in [6.45, 7) is 1.90. The zero-order chi connectivity index (χ0) is 11.2. The lowest BCUT2D eigenvalue weighted by atomic mass is 10.1. The quantitative estimate of drug-likeness (QED) is 0.698. The number of nitrogens with zero attached hydrogens (tertiary/aromatic N) is 2. The van der Waals surface area contributed by atoms with Crippen LogP contribution in [0.25, 0.3) is 10.9 Å². The number of hydrogen-bond donors (Lipinski definition) is 0. The molecule has 0 fully saturated rings. The molecule has 0 unspecified atom stereocenters. The molecular formula is C10H8BrClN2O. The molecule has 3 nitrogen and oxygen atoms in total. The molecule has 2 rings (SSSR count). The van der Waals surface area contributed by atoms with Gasteiger partial charge in [-0.1, -0.05) is 15.9 Å². The van der Waals surface area contributed by atoms with E-state index < -0.39 is 0 Å². The molecule has 0 saturated carbocycles. The molecule has 1 aromatic carbocycles. The SMILES string of the molecule is Cc1c(Br)ccc2c(=O)n(C)c(Cl)nc12. The predicted octanol–water partition coefficient (Wildman–Crippen LogP) is 2.66. The van der Waals surface area contributed by atoms with Gasteiger partial charge in [0.05, 0.1) is 10.9 Å². The fourth-order valence-corrected chi connectivity index (χ4v) is 1.91. The standard InChI is InChI=1S/C10H8BrClN2O/c1-5-7(11)4-3-6-8(5)13-10(12)14(2)9(6)15/h3-4H,1-2H3. The Hall–Kier alpha value is -0.870. The minimum absolute atomic E-state index is 0.124. The van der Waals surface area contributed by atoms with E-state index >= 15 is 0 Å². The Morgan fingerprint density at radius 2 is 2.13 bits per heavy atom. The number of benzene rings is 1. The van der Waals surface area contributed by atoms with E-state index in [1.54, 1.807) is 13.1 Å². The van der Waals surface area contributed by atoms with Crippen molar-refractivity contribution >= 4 is 38.4 Å². The molecule has 5 heteroatoms. The molecule has 0 bridgehead atoms. The van der Waals surface area contributed by atoms with E-state index in [-0.39, 0.29) is 10.8 Å². The van der Waals surface area contributed by atoms with Crippen molar-refractivity contribution in [2.75, 3.05) is 0 Å². The van der Waals surface area contributed by atoms with Crippen molar-refractivity contribution in [1.82, 2.24) is 9.55 Å². The Morgan fingerprint density at radius 3 is 2.80 bits per heavy atom. The van der Waals surface area contributed by atoms with Gasteiger partial charge in [0.25, 0.3) is 5.56 Å². The van der Waals surface area contributed by atoms with Gasteiger partial charge >= 0.3 is 0 Å². The van der Waals surface area contributed by atoms with Crippen molar-refractivity contribution < 1.29 is 0 Å². The van der Waals surface area contributed by atoms with Crippen molar-refractivity contribution in [3.8, 4) is 0 Å². The third-order valence-electron chi connectivity index (χ3n) is 2.38. The summed E-state index contributed by atoms with van der Waals surface area (Å²) in [6, 6.07) is 3.59. The molecule has 0 aliphatic heterocycles. The number of fused-ring (bicyclic) bond motifs is 1. The summed E-state index contributed by atoms with van der Waals surface area (Å²) in [7, 11) is 1.61. The Balaban J connectivity index is 3.06. The summed E-state index contributed by atoms with van der Waals surface area (Å²) in [5.74, 6) is 0. The highest BCUT2D eigenvalue weighted by atomic mass is 79.9. The third-order valence-corrected chi connectivity index (χ3v) is 3.58. The van der Waals surface area contributed by atoms with Crippen LogP contribution in [0.2, 0.25) is 5.28 Å². The van der Waals surface area contributed by atoms with Gasteiger partial charge in [-0.2, -0.15) is 0 Å². The van der Waals surface area contributed by atoms with Gasteiger partial charge in [0.15, 0.2) is 0 Å². The smallest absolute Gasteiger partial charge is 0.262 e. The van der Waals surface area contributed by atoms with Gasteiger partial charge < -0.3 is 0 Å². The fourth-order valence-electron chi connectivity index (χ4n) is 1.42. The summed E-state index contributed by atoms with van der Waals surface area (Å²) in [4.78, 5) is 16.0. The molecule has 15 heavy (non-hydrogen) atoms. The largest absolute Gasteiger partial charge is 0.286 e. The maximum Gasteiger partial charge on any atom is 0.262 e. The minimum atomic E-state index is -0.124. The first-order valence-corrected chi connectivity index (χ1v) is 5.51. The molecule has 1 aromatic heterocycles. The van der Waals surface area contributed by atoms with Crippen molar-refractivity contribution in [3.63, 3.8) is 0 Å². The Kier molecular flexibility index (Phi) is 2.56. The summed E-state index contributed by atoms with van der Waals surface area (Å²) < 4.78 is 2.25. The second kappa shape index (κ2) is 3.61. The van der Waals surface area contributed by atoms with E-state index in [0.29, 0.717) is 10.9 Å². The van der Waals surface area contributed by atoms with Crippen LogP contribution in [0.3, 0.4) is 0 Å². The lowest BCUT2D eigenvalue weighted by molar-refractivity contribution is 0.843. The molecule has 0 saturated heterocycles. The van der Waals surface area contributed by atoms with Gasteiger partial charge in [-0.3, -0.25) is 9.36 Å². The molecular weight excluding hydrogens is 279 g/mol. The van der Waals surface area contributed by atoms with E-state index in [1.165, 1.54) is 4.57 Å². The van der Waals surface area contributed by atoms with Crippen molar-refractivity contribution in [1.29, 1.82) is 0 Å². The van der Waals surface area contributed by atoms with E-state index in [1.807, 2.05) is 13.0 Å². The summed E-state index contributed by atoms with van der Waals surface area (Å²) in [6.07, 6.45) is 0. The summed E-state index contributed by atoms with van der Waals surface area (Å²) >= 11 is 9.25. The van der Waals surface area contributed by atoms with E-state index in [2.05, 4.69) is 20.9 Å².